The van der Waals surface area contributed by atoms with Gasteiger partial charge >= 0.3 is 5.97 Å². The number of hydrogen-bond acceptors (Lipinski definition) is 6. The number of hydrogen-bond donors (Lipinski definition) is 0. The molecule has 120 valence electrons. The van der Waals surface area contributed by atoms with Gasteiger partial charge in [-0.1, -0.05) is 12.7 Å². The molecule has 0 spiro atoms. The monoisotopic (exact) mass is 331 g/mol. The molecule has 0 aliphatic carbocycles. The Morgan fingerprint density at radius 1 is 1.55 bits per heavy atom. The van der Waals surface area contributed by atoms with Crippen LogP contribution in [0, 0.1) is 10.1 Å². The van der Waals surface area contributed by atoms with E-state index in [1.54, 1.807) is 0 Å². The van der Waals surface area contributed by atoms with E-state index in [9.17, 15) is 23.3 Å². The number of likely N-dealkylation sites (N-methyl/N-ethyl adjacent to an activating group) is 1. The molecule has 8 nitrogen and oxygen atoms in total. The van der Waals surface area contributed by atoms with Gasteiger partial charge in [0, 0.05) is 23.2 Å². The van der Waals surface area contributed by atoms with Crippen molar-refractivity contribution < 1.29 is 27.0 Å². The highest BCUT2D eigenvalue weighted by Crippen LogP contribution is 2.18. The third-order valence-electron chi connectivity index (χ3n) is 2.56. The maximum absolute atomic E-state index is 12.5. The molecule has 22 heavy (non-hydrogen) atoms. The van der Waals surface area contributed by atoms with Gasteiger partial charge in [-0.15, -0.1) is 0 Å². The Kier molecular flexibility index (Phi) is 4.35. The number of sulfonamides is 1. The summed E-state index contributed by atoms with van der Waals surface area (Å²) in [6, 6.07) is 3.62. The zero-order valence-electron chi connectivity index (χ0n) is 14.6. The number of nitro groups is 1. The van der Waals surface area contributed by atoms with E-state index in [-0.39, 0.29) is 9.99 Å². The molecule has 0 heterocycles. The molecule has 0 bridgehead atoms. The topological polar surface area (TPSA) is 107 Å². The molecule has 1 atom stereocenters. The SMILES string of the molecule is [2H]C([2H])([2H])N(CC(=O)OC(C)C=C)S(=O)(=O)c1ccc([N+](=O)[O-])cc1. The molecule has 9 heteroatoms. The van der Waals surface area contributed by atoms with Crippen molar-refractivity contribution in [2.75, 3.05) is 13.5 Å². The van der Waals surface area contributed by atoms with Crippen molar-refractivity contribution in [3.63, 3.8) is 0 Å². The minimum atomic E-state index is -4.62. The average molecular weight is 331 g/mol. The maximum atomic E-state index is 12.5. The number of nitro benzene ring substituents is 1. The van der Waals surface area contributed by atoms with Gasteiger partial charge < -0.3 is 4.74 Å². The highest BCUT2D eigenvalue weighted by Gasteiger charge is 2.24. The number of ether oxygens (including phenoxy) is 1. The minimum absolute atomic E-state index is 0.000686. The number of non-ortho nitro benzene ring substituents is 1. The molecule has 0 aromatic heterocycles. The maximum Gasteiger partial charge on any atom is 0.321 e. The molecule has 1 rings (SSSR count). The highest BCUT2D eigenvalue weighted by atomic mass is 32.2. The fraction of sp³-hybridized carbons (Fsp3) is 0.308. The van der Waals surface area contributed by atoms with Crippen molar-refractivity contribution in [2.45, 2.75) is 17.9 Å². The lowest BCUT2D eigenvalue weighted by Crippen LogP contribution is -2.34. The van der Waals surface area contributed by atoms with Crippen LogP contribution in [0.2, 0.25) is 0 Å². The zero-order valence-corrected chi connectivity index (χ0v) is 12.4. The second-order valence-corrected chi connectivity index (χ2v) is 6.06. The molecule has 1 aromatic rings. The van der Waals surface area contributed by atoms with E-state index >= 15 is 0 Å². The van der Waals surface area contributed by atoms with Gasteiger partial charge in [-0.25, -0.2) is 8.42 Å². The van der Waals surface area contributed by atoms with Crippen LogP contribution >= 0.6 is 0 Å². The van der Waals surface area contributed by atoms with Gasteiger partial charge in [0.15, 0.2) is 0 Å². The molecule has 1 unspecified atom stereocenters. The smallest absolute Gasteiger partial charge is 0.321 e. The van der Waals surface area contributed by atoms with E-state index in [1.807, 2.05) is 0 Å². The summed E-state index contributed by atoms with van der Waals surface area (Å²) >= 11 is 0. The van der Waals surface area contributed by atoms with Gasteiger partial charge in [-0.2, -0.15) is 4.31 Å². The average Bonchev–Trinajstić information content (AvgIpc) is 2.51. The lowest BCUT2D eigenvalue weighted by molar-refractivity contribution is -0.384. The number of rotatable bonds is 7. The number of benzene rings is 1. The second kappa shape index (κ2) is 7.14. The summed E-state index contributed by atoms with van der Waals surface area (Å²) in [6.45, 7) is 0.649. The van der Waals surface area contributed by atoms with Gasteiger partial charge in [0.05, 0.1) is 9.82 Å². The molecule has 1 aromatic carbocycles. The van der Waals surface area contributed by atoms with E-state index in [0.717, 1.165) is 24.3 Å². The summed E-state index contributed by atoms with van der Waals surface area (Å²) in [5.74, 6) is -1.07. The summed E-state index contributed by atoms with van der Waals surface area (Å²) in [4.78, 5) is 21.2. The minimum Gasteiger partial charge on any atom is -0.457 e. The van der Waals surface area contributed by atoms with Crippen LogP contribution < -0.4 is 0 Å². The third-order valence-corrected chi connectivity index (χ3v) is 4.13. The van der Waals surface area contributed by atoms with Gasteiger partial charge in [0.2, 0.25) is 10.0 Å². The lowest BCUT2D eigenvalue weighted by atomic mass is 10.3. The van der Waals surface area contributed by atoms with Crippen LogP contribution in [0.15, 0.2) is 41.8 Å². The Morgan fingerprint density at radius 2 is 2.14 bits per heavy atom. The predicted octanol–water partition coefficient (Wildman–Crippen LogP) is 1.33. The molecular weight excluding hydrogens is 312 g/mol. The van der Waals surface area contributed by atoms with Crippen molar-refractivity contribution in [1.29, 1.82) is 0 Å². The van der Waals surface area contributed by atoms with Gasteiger partial charge in [-0.3, -0.25) is 14.9 Å². The Hall–Kier alpha value is -2.26. The number of esters is 1. The first-order valence-electron chi connectivity index (χ1n) is 7.49. The third kappa shape index (κ3) is 4.37. The molecule has 0 aliphatic rings. The van der Waals surface area contributed by atoms with Crippen molar-refractivity contribution >= 4 is 21.7 Å². The molecule has 0 amide bonds. The van der Waals surface area contributed by atoms with Crippen LogP contribution in [0.4, 0.5) is 5.69 Å². The number of carbonyl (C=O) groups is 1. The second-order valence-electron chi connectivity index (χ2n) is 4.19. The van der Waals surface area contributed by atoms with Crippen LogP contribution in [0.3, 0.4) is 0 Å². The van der Waals surface area contributed by atoms with Gasteiger partial charge in [0.1, 0.15) is 12.6 Å². The summed E-state index contributed by atoms with van der Waals surface area (Å²) in [7, 11) is -4.62. The summed E-state index contributed by atoms with van der Waals surface area (Å²) in [5, 5.41) is 10.6. The van der Waals surface area contributed by atoms with Gasteiger partial charge in [-0.05, 0) is 19.1 Å². The Balaban J connectivity index is 3.18. The molecule has 0 N–H and O–H groups in total. The van der Waals surface area contributed by atoms with Crippen LogP contribution in [0.25, 0.3) is 0 Å². The summed E-state index contributed by atoms with van der Waals surface area (Å²) in [5.41, 5.74) is -0.362. The lowest BCUT2D eigenvalue weighted by Gasteiger charge is -2.17. The van der Waals surface area contributed by atoms with E-state index in [1.165, 1.54) is 13.0 Å². The first kappa shape index (κ1) is 13.4. The summed E-state index contributed by atoms with van der Waals surface area (Å²) in [6.07, 6.45) is 0.551. The first-order chi connectivity index (χ1) is 11.4. The van der Waals surface area contributed by atoms with Crippen LogP contribution in [-0.2, 0) is 19.6 Å². The quantitative estimate of drug-likeness (QED) is 0.323. The van der Waals surface area contributed by atoms with E-state index in [0.29, 0.717) is 0 Å². The summed E-state index contributed by atoms with van der Waals surface area (Å²) < 4.78 is 51.9. The largest absolute Gasteiger partial charge is 0.457 e. The fourth-order valence-electron chi connectivity index (χ4n) is 1.36. The Bertz CT molecular complexity index is 761. The first-order valence-corrected chi connectivity index (χ1v) is 7.43. The molecule has 0 aliphatic heterocycles. The van der Waals surface area contributed by atoms with Crippen molar-refractivity contribution in [2.24, 2.45) is 0 Å². The highest BCUT2D eigenvalue weighted by molar-refractivity contribution is 7.89. The number of carbonyl (C=O) groups excluding carboxylic acids is 1. The van der Waals surface area contributed by atoms with E-state index < -0.39 is 45.4 Å². The van der Waals surface area contributed by atoms with Crippen LogP contribution in [0.1, 0.15) is 11.0 Å². The Labute approximate surface area is 132 Å². The van der Waals surface area contributed by atoms with Crippen molar-refractivity contribution in [1.82, 2.24) is 4.31 Å². The van der Waals surface area contributed by atoms with Gasteiger partial charge in [0.25, 0.3) is 5.69 Å². The Morgan fingerprint density at radius 3 is 2.59 bits per heavy atom. The molecule has 0 fully saturated rings. The molecule has 0 saturated heterocycles. The molecule has 0 saturated carbocycles. The fourth-order valence-corrected chi connectivity index (χ4v) is 2.37. The molecule has 0 radical (unpaired) electrons. The number of nitrogens with zero attached hydrogens (tertiary/aromatic N) is 2. The molecular formula is C13H16N2O6S. The van der Waals surface area contributed by atoms with Crippen LogP contribution in [0.5, 0.6) is 0 Å². The van der Waals surface area contributed by atoms with E-state index in [2.05, 4.69) is 6.58 Å². The predicted molar refractivity (Wildman–Crippen MR) is 78.7 cm³/mol. The van der Waals surface area contributed by atoms with Crippen LogP contribution in [-0.4, -0.2) is 43.2 Å². The normalized spacial score (nSPS) is 15.3. The standard InChI is InChI=1S/C13H16N2O6S/c1-4-10(2)21-13(16)9-14(3)22(19,20)12-7-5-11(6-8-12)15(17)18/h4-8,10H,1,9H2,2-3H3/i3D3. The zero-order chi connectivity index (χ0) is 19.4. The van der Waals surface area contributed by atoms with Crippen molar-refractivity contribution in [3.05, 3.63) is 47.0 Å². The van der Waals surface area contributed by atoms with Crippen molar-refractivity contribution in [3.8, 4) is 0 Å². The van der Waals surface area contributed by atoms with E-state index in [4.69, 9.17) is 8.85 Å².